The summed E-state index contributed by atoms with van der Waals surface area (Å²) in [6.07, 6.45) is 4.17. The van der Waals surface area contributed by atoms with Crippen LogP contribution in [0.4, 0.5) is 5.69 Å². The molecular weight excluding hydrogens is 170 g/mol. The molecule has 0 spiro atoms. The van der Waals surface area contributed by atoms with Gasteiger partial charge in [0.15, 0.2) is 0 Å². The number of benzene rings is 1. The predicted octanol–water partition coefficient (Wildman–Crippen LogP) is 3.63. The van der Waals surface area contributed by atoms with Gasteiger partial charge in [0.05, 0.1) is 5.69 Å². The molecule has 0 saturated carbocycles. The second-order valence-electron chi connectivity index (χ2n) is 4.60. The van der Waals surface area contributed by atoms with Crippen LogP contribution in [-0.2, 0) is 11.8 Å². The van der Waals surface area contributed by atoms with E-state index in [-0.39, 0.29) is 5.41 Å². The van der Waals surface area contributed by atoms with Crippen LogP contribution >= 0.6 is 0 Å². The van der Waals surface area contributed by atoms with Gasteiger partial charge in [0.1, 0.15) is 0 Å². The summed E-state index contributed by atoms with van der Waals surface area (Å²) >= 11 is 0. The minimum atomic E-state index is 0.289. The second kappa shape index (κ2) is 3.23. The first-order valence-corrected chi connectivity index (χ1v) is 5.29. The number of hydrogen-bond acceptors (Lipinski definition) is 1. The van der Waals surface area contributed by atoms with Gasteiger partial charge in [0, 0.05) is 12.6 Å². The third-order valence-electron chi connectivity index (χ3n) is 3.29. The maximum atomic E-state index is 4.32. The average Bonchev–Trinajstić information content (AvgIpc) is 2.64. The Morgan fingerprint density at radius 2 is 2.14 bits per heavy atom. The lowest BCUT2D eigenvalue weighted by Gasteiger charge is -2.23. The Morgan fingerprint density at radius 3 is 2.86 bits per heavy atom. The van der Waals surface area contributed by atoms with Gasteiger partial charge in [-0.15, -0.1) is 0 Å². The zero-order valence-electron chi connectivity index (χ0n) is 9.17. The molecule has 2 rings (SSSR count). The van der Waals surface area contributed by atoms with Crippen molar-refractivity contribution in [2.24, 2.45) is 4.99 Å². The van der Waals surface area contributed by atoms with E-state index in [9.17, 15) is 0 Å². The van der Waals surface area contributed by atoms with E-state index < -0.39 is 0 Å². The topological polar surface area (TPSA) is 12.4 Å². The Bertz CT molecular complexity index is 375. The van der Waals surface area contributed by atoms with Crippen molar-refractivity contribution in [3.8, 4) is 0 Å². The summed E-state index contributed by atoms with van der Waals surface area (Å²) in [4.78, 5) is 4.32. The molecule has 0 amide bonds. The first kappa shape index (κ1) is 9.45. The van der Waals surface area contributed by atoms with Gasteiger partial charge < -0.3 is 0 Å². The van der Waals surface area contributed by atoms with Crippen molar-refractivity contribution in [2.45, 2.75) is 39.0 Å². The van der Waals surface area contributed by atoms with Crippen LogP contribution in [0.1, 0.15) is 38.3 Å². The fourth-order valence-electron chi connectivity index (χ4n) is 1.74. The largest absolute Gasteiger partial charge is 0.261 e. The van der Waals surface area contributed by atoms with Gasteiger partial charge in [-0.1, -0.05) is 32.9 Å². The third kappa shape index (κ3) is 1.47. The molecule has 1 nitrogen and oxygen atoms in total. The van der Waals surface area contributed by atoms with Gasteiger partial charge in [0.2, 0.25) is 0 Å². The minimum Gasteiger partial charge on any atom is -0.261 e. The van der Waals surface area contributed by atoms with Crippen molar-refractivity contribution < 1.29 is 0 Å². The molecule has 1 aliphatic rings. The molecule has 0 N–H and O–H groups in total. The highest BCUT2D eigenvalue weighted by Gasteiger charge is 2.19. The van der Waals surface area contributed by atoms with Gasteiger partial charge in [0.25, 0.3) is 0 Å². The van der Waals surface area contributed by atoms with Crippen molar-refractivity contribution in [1.82, 2.24) is 0 Å². The minimum absolute atomic E-state index is 0.289. The van der Waals surface area contributed by atoms with Crippen LogP contribution < -0.4 is 0 Å². The summed E-state index contributed by atoms with van der Waals surface area (Å²) < 4.78 is 0. The highest BCUT2D eigenvalue weighted by atomic mass is 14.7. The summed E-state index contributed by atoms with van der Waals surface area (Å²) in [7, 11) is 0. The molecule has 1 heteroatoms. The van der Waals surface area contributed by atoms with E-state index in [4.69, 9.17) is 0 Å². The predicted molar refractivity (Wildman–Crippen MR) is 61.6 cm³/mol. The fourth-order valence-corrected chi connectivity index (χ4v) is 1.74. The summed E-state index contributed by atoms with van der Waals surface area (Å²) in [5, 5.41) is 0. The zero-order valence-corrected chi connectivity index (χ0v) is 9.17. The molecule has 0 aliphatic carbocycles. The van der Waals surface area contributed by atoms with Crippen LogP contribution in [0.15, 0.2) is 23.2 Å². The van der Waals surface area contributed by atoms with Crippen LogP contribution in [-0.4, -0.2) is 6.21 Å². The fraction of sp³-hybridized carbons (Fsp3) is 0.462. The van der Waals surface area contributed by atoms with Crippen molar-refractivity contribution in [2.75, 3.05) is 0 Å². The molecule has 1 aliphatic heterocycles. The lowest BCUT2D eigenvalue weighted by molar-refractivity contribution is 0.506. The van der Waals surface area contributed by atoms with E-state index in [1.807, 2.05) is 6.21 Å². The Balaban J connectivity index is 2.40. The van der Waals surface area contributed by atoms with E-state index >= 15 is 0 Å². The molecule has 1 aromatic carbocycles. The molecule has 0 unspecified atom stereocenters. The lowest BCUT2D eigenvalue weighted by Crippen LogP contribution is -2.15. The van der Waals surface area contributed by atoms with Crippen molar-refractivity contribution in [1.29, 1.82) is 0 Å². The van der Waals surface area contributed by atoms with Gasteiger partial charge in [-0.2, -0.15) is 0 Å². The summed E-state index contributed by atoms with van der Waals surface area (Å²) in [5.41, 5.74) is 4.26. The standard InChI is InChI=1S/C13H17N/c1-4-13(2,3)11-5-6-12-10(9-11)7-8-14-12/h5-6,8-9H,4,7H2,1-3H3. The van der Waals surface area contributed by atoms with Crippen LogP contribution in [0, 0.1) is 0 Å². The Morgan fingerprint density at radius 1 is 1.36 bits per heavy atom. The Hall–Kier alpha value is -1.11. The number of hydrogen-bond donors (Lipinski definition) is 0. The number of nitrogens with zero attached hydrogens (tertiary/aromatic N) is 1. The van der Waals surface area contributed by atoms with Crippen LogP contribution in [0.25, 0.3) is 0 Å². The van der Waals surface area contributed by atoms with Gasteiger partial charge in [-0.25, -0.2) is 0 Å². The number of rotatable bonds is 2. The van der Waals surface area contributed by atoms with E-state index in [0.29, 0.717) is 0 Å². The normalized spacial score (nSPS) is 14.5. The number of fused-ring (bicyclic) bond motifs is 1. The molecule has 1 heterocycles. The molecule has 0 fully saturated rings. The quantitative estimate of drug-likeness (QED) is 0.670. The van der Waals surface area contributed by atoms with E-state index in [2.05, 4.69) is 44.0 Å². The molecular formula is C13H17N. The molecule has 0 saturated heterocycles. The number of aliphatic imine (C=N–C) groups is 1. The summed E-state index contributed by atoms with van der Waals surface area (Å²) in [6, 6.07) is 6.67. The first-order valence-electron chi connectivity index (χ1n) is 5.29. The van der Waals surface area contributed by atoms with Crippen molar-refractivity contribution >= 4 is 11.9 Å². The second-order valence-corrected chi connectivity index (χ2v) is 4.60. The summed E-state index contributed by atoms with van der Waals surface area (Å²) in [6.45, 7) is 6.83. The van der Waals surface area contributed by atoms with Gasteiger partial charge >= 0.3 is 0 Å². The summed E-state index contributed by atoms with van der Waals surface area (Å²) in [5.74, 6) is 0. The molecule has 0 aromatic heterocycles. The highest BCUT2D eigenvalue weighted by molar-refractivity contribution is 5.76. The lowest BCUT2D eigenvalue weighted by atomic mass is 9.81. The van der Waals surface area contributed by atoms with Crippen molar-refractivity contribution in [3.63, 3.8) is 0 Å². The van der Waals surface area contributed by atoms with Crippen molar-refractivity contribution in [3.05, 3.63) is 29.3 Å². The van der Waals surface area contributed by atoms with Crippen LogP contribution in [0.3, 0.4) is 0 Å². The molecule has 14 heavy (non-hydrogen) atoms. The van der Waals surface area contributed by atoms with Crippen LogP contribution in [0.2, 0.25) is 0 Å². The van der Waals surface area contributed by atoms with Crippen LogP contribution in [0.5, 0.6) is 0 Å². The molecule has 0 bridgehead atoms. The first-order chi connectivity index (χ1) is 6.63. The van der Waals surface area contributed by atoms with Gasteiger partial charge in [-0.05, 0) is 29.0 Å². The third-order valence-corrected chi connectivity index (χ3v) is 3.29. The highest BCUT2D eigenvalue weighted by Crippen LogP contribution is 2.32. The van der Waals surface area contributed by atoms with E-state index in [1.54, 1.807) is 0 Å². The Kier molecular flexibility index (Phi) is 2.18. The van der Waals surface area contributed by atoms with Gasteiger partial charge in [-0.3, -0.25) is 4.99 Å². The van der Waals surface area contributed by atoms with E-state index in [0.717, 1.165) is 12.1 Å². The maximum Gasteiger partial charge on any atom is 0.0661 e. The molecule has 0 radical (unpaired) electrons. The smallest absolute Gasteiger partial charge is 0.0661 e. The molecule has 1 aromatic rings. The SMILES string of the molecule is CCC(C)(C)c1ccc2c(c1)CC=N2. The Labute approximate surface area is 85.9 Å². The molecule has 74 valence electrons. The zero-order chi connectivity index (χ0) is 10.2. The van der Waals surface area contributed by atoms with E-state index in [1.165, 1.54) is 17.5 Å². The molecule has 0 atom stereocenters. The maximum absolute atomic E-state index is 4.32. The average molecular weight is 187 g/mol. The monoisotopic (exact) mass is 187 g/mol.